The number of rotatable bonds is 4. The summed E-state index contributed by atoms with van der Waals surface area (Å²) in [4.78, 5) is 14.2. The summed E-state index contributed by atoms with van der Waals surface area (Å²) in [5.41, 5.74) is 3.65. The van der Waals surface area contributed by atoms with Crippen LogP contribution >= 0.6 is 0 Å². The molecule has 0 spiro atoms. The number of urea groups is 1. The minimum absolute atomic E-state index is 0.131. The van der Waals surface area contributed by atoms with Crippen molar-refractivity contribution >= 4 is 11.6 Å². The zero-order valence-corrected chi connectivity index (χ0v) is 15.6. The quantitative estimate of drug-likeness (QED) is 0.856. The number of allylic oxidation sites excluding steroid dienone is 2. The molecule has 5 nitrogen and oxygen atoms in total. The summed E-state index contributed by atoms with van der Waals surface area (Å²) < 4.78 is 0. The topological polar surface area (TPSA) is 76.4 Å². The second kappa shape index (κ2) is 7.74. The lowest BCUT2D eigenvalue weighted by Crippen LogP contribution is -2.67. The van der Waals surface area contributed by atoms with Crippen LogP contribution < -0.4 is 5.32 Å². The average molecular weight is 365 g/mol. The van der Waals surface area contributed by atoms with Crippen molar-refractivity contribution < 1.29 is 9.90 Å². The van der Waals surface area contributed by atoms with Crippen molar-refractivity contribution in [2.24, 2.45) is 0 Å². The van der Waals surface area contributed by atoms with Crippen molar-refractivity contribution in [3.8, 4) is 6.07 Å². The van der Waals surface area contributed by atoms with Gasteiger partial charge in [0, 0.05) is 12.0 Å². The predicted molar refractivity (Wildman–Crippen MR) is 104 cm³/mol. The van der Waals surface area contributed by atoms with E-state index in [1.54, 1.807) is 0 Å². The number of aliphatic hydroxyl groups is 1. The van der Waals surface area contributed by atoms with Crippen LogP contribution in [0, 0.1) is 11.3 Å². The molecule has 0 bridgehead atoms. The van der Waals surface area contributed by atoms with E-state index in [2.05, 4.69) is 41.7 Å². The molecule has 3 aliphatic rings. The Hall–Kier alpha value is -2.32. The van der Waals surface area contributed by atoms with Crippen LogP contribution in [0.15, 0.2) is 30.3 Å². The maximum absolute atomic E-state index is 12.7. The van der Waals surface area contributed by atoms with Crippen LogP contribution in [0.25, 0.3) is 5.57 Å². The Kier molecular flexibility index (Phi) is 5.18. The Morgan fingerprint density at radius 1 is 1.22 bits per heavy atom. The van der Waals surface area contributed by atoms with Gasteiger partial charge in [0.1, 0.15) is 6.04 Å². The van der Waals surface area contributed by atoms with Gasteiger partial charge >= 0.3 is 6.03 Å². The van der Waals surface area contributed by atoms with Crippen LogP contribution in [0.5, 0.6) is 0 Å². The molecule has 27 heavy (non-hydrogen) atoms. The molecule has 5 heteroatoms. The molecule has 1 aliphatic heterocycles. The standard InChI is InChI=1S/C22H27N3O2/c23-13-19-21(17-11-9-16(10-12-17)15-5-1-2-6-15)20(14-26)25(19)22(27)24-18-7-3-4-8-18/h5,9-12,18-21,26H,1-4,6-8,14H2,(H,24,27)/t19-,20-,21-/m0/s1. The van der Waals surface area contributed by atoms with E-state index in [4.69, 9.17) is 0 Å². The van der Waals surface area contributed by atoms with Crippen molar-refractivity contribution in [2.45, 2.75) is 69.0 Å². The monoisotopic (exact) mass is 365 g/mol. The number of benzene rings is 1. The number of nitrogens with one attached hydrogen (secondary N) is 1. The summed E-state index contributed by atoms with van der Waals surface area (Å²) in [6.07, 6.45) is 10.1. The van der Waals surface area contributed by atoms with Gasteiger partial charge in [-0.25, -0.2) is 4.79 Å². The fourth-order valence-corrected chi connectivity index (χ4v) is 4.86. The lowest BCUT2D eigenvalue weighted by molar-refractivity contribution is 0.0158. The van der Waals surface area contributed by atoms with Crippen LogP contribution in [0.4, 0.5) is 4.79 Å². The van der Waals surface area contributed by atoms with Crippen molar-refractivity contribution in [3.05, 3.63) is 41.5 Å². The van der Waals surface area contributed by atoms with Crippen LogP contribution in [-0.2, 0) is 0 Å². The Labute approximate surface area is 160 Å². The first-order valence-corrected chi connectivity index (χ1v) is 10.1. The molecule has 2 N–H and O–H groups in total. The number of aliphatic hydroxyl groups excluding tert-OH is 1. The highest BCUT2D eigenvalue weighted by Crippen LogP contribution is 2.41. The van der Waals surface area contributed by atoms with Gasteiger partial charge in [-0.05, 0) is 48.8 Å². The molecule has 1 saturated carbocycles. The first-order chi connectivity index (χ1) is 13.2. The number of carbonyl (C=O) groups is 1. The molecule has 2 amide bonds. The summed E-state index contributed by atoms with van der Waals surface area (Å²) in [5, 5.41) is 22.6. The van der Waals surface area contributed by atoms with Gasteiger partial charge in [-0.15, -0.1) is 0 Å². The number of nitriles is 1. The second-order valence-corrected chi connectivity index (χ2v) is 7.93. The van der Waals surface area contributed by atoms with Crippen LogP contribution in [0.2, 0.25) is 0 Å². The third kappa shape index (κ3) is 3.35. The number of likely N-dealkylation sites (tertiary alicyclic amines) is 1. The Bertz CT molecular complexity index is 759. The smallest absolute Gasteiger partial charge is 0.319 e. The van der Waals surface area contributed by atoms with Crippen LogP contribution in [0.3, 0.4) is 0 Å². The van der Waals surface area contributed by atoms with Gasteiger partial charge in [-0.3, -0.25) is 0 Å². The molecule has 2 fully saturated rings. The third-order valence-electron chi connectivity index (χ3n) is 6.36. The van der Waals surface area contributed by atoms with Crippen molar-refractivity contribution in [1.82, 2.24) is 10.2 Å². The van der Waals surface area contributed by atoms with Gasteiger partial charge in [-0.1, -0.05) is 43.2 Å². The van der Waals surface area contributed by atoms with E-state index in [9.17, 15) is 15.2 Å². The summed E-state index contributed by atoms with van der Waals surface area (Å²) >= 11 is 0. The SMILES string of the molecule is N#C[C@H]1[C@H](c2ccc(C3=CCCC3)cc2)[C@H](CO)N1C(=O)NC1CCCC1. The fraction of sp³-hybridized carbons (Fsp3) is 0.545. The minimum Gasteiger partial charge on any atom is -0.394 e. The highest BCUT2D eigenvalue weighted by atomic mass is 16.3. The van der Waals surface area contributed by atoms with E-state index in [-0.39, 0.29) is 30.6 Å². The maximum Gasteiger partial charge on any atom is 0.319 e. The number of hydrogen-bond acceptors (Lipinski definition) is 3. The molecule has 3 atom stereocenters. The molecule has 2 aliphatic carbocycles. The lowest BCUT2D eigenvalue weighted by Gasteiger charge is -2.51. The minimum atomic E-state index is -0.528. The molecular formula is C22H27N3O2. The van der Waals surface area contributed by atoms with Gasteiger partial charge in [0.15, 0.2) is 0 Å². The van der Waals surface area contributed by atoms with Crippen molar-refractivity contribution in [3.63, 3.8) is 0 Å². The van der Waals surface area contributed by atoms with Gasteiger partial charge in [0.25, 0.3) is 0 Å². The Morgan fingerprint density at radius 3 is 2.56 bits per heavy atom. The highest BCUT2D eigenvalue weighted by Gasteiger charge is 2.52. The normalized spacial score (nSPS) is 27.8. The first kappa shape index (κ1) is 18.1. The summed E-state index contributed by atoms with van der Waals surface area (Å²) in [5.74, 6) is -0.138. The number of nitrogens with zero attached hydrogens (tertiary/aromatic N) is 2. The van der Waals surface area contributed by atoms with E-state index in [0.717, 1.165) is 44.1 Å². The molecule has 1 aromatic carbocycles. The molecule has 0 radical (unpaired) electrons. The molecule has 0 aromatic heterocycles. The van der Waals surface area contributed by atoms with Gasteiger partial charge in [0.05, 0.1) is 18.7 Å². The van der Waals surface area contributed by atoms with Crippen LogP contribution in [0.1, 0.15) is 62.0 Å². The molecule has 0 unspecified atom stereocenters. The maximum atomic E-state index is 12.7. The average Bonchev–Trinajstić information content (AvgIpc) is 3.36. The van der Waals surface area contributed by atoms with Crippen LogP contribution in [-0.4, -0.2) is 40.8 Å². The molecular weight excluding hydrogens is 338 g/mol. The highest BCUT2D eigenvalue weighted by molar-refractivity contribution is 5.78. The molecule has 1 heterocycles. The lowest BCUT2D eigenvalue weighted by atomic mass is 9.75. The zero-order valence-electron chi connectivity index (χ0n) is 15.6. The van der Waals surface area contributed by atoms with Gasteiger partial charge < -0.3 is 15.3 Å². The zero-order chi connectivity index (χ0) is 18.8. The van der Waals surface area contributed by atoms with E-state index in [1.165, 1.54) is 22.5 Å². The Balaban J connectivity index is 1.49. The summed E-state index contributed by atoms with van der Waals surface area (Å²) in [6.45, 7) is -0.131. The summed E-state index contributed by atoms with van der Waals surface area (Å²) in [6, 6.07) is 9.73. The molecule has 142 valence electrons. The van der Waals surface area contributed by atoms with E-state index in [1.807, 2.05) is 0 Å². The fourth-order valence-electron chi connectivity index (χ4n) is 4.86. The first-order valence-electron chi connectivity index (χ1n) is 10.1. The van der Waals surface area contributed by atoms with Crippen molar-refractivity contribution in [1.29, 1.82) is 5.26 Å². The Morgan fingerprint density at radius 2 is 1.96 bits per heavy atom. The predicted octanol–water partition coefficient (Wildman–Crippen LogP) is 3.56. The third-order valence-corrected chi connectivity index (χ3v) is 6.36. The second-order valence-electron chi connectivity index (χ2n) is 7.93. The summed E-state index contributed by atoms with van der Waals surface area (Å²) in [7, 11) is 0. The van der Waals surface area contributed by atoms with E-state index < -0.39 is 6.04 Å². The molecule has 1 aromatic rings. The van der Waals surface area contributed by atoms with Crippen molar-refractivity contribution in [2.75, 3.05) is 6.61 Å². The van der Waals surface area contributed by atoms with E-state index >= 15 is 0 Å². The largest absolute Gasteiger partial charge is 0.394 e. The molecule has 4 rings (SSSR count). The van der Waals surface area contributed by atoms with Gasteiger partial charge in [-0.2, -0.15) is 5.26 Å². The van der Waals surface area contributed by atoms with E-state index in [0.29, 0.717) is 0 Å². The number of hydrogen-bond donors (Lipinski definition) is 2. The number of amides is 2. The molecule has 1 saturated heterocycles. The number of carbonyl (C=O) groups excluding carboxylic acids is 1. The van der Waals surface area contributed by atoms with Gasteiger partial charge in [0.2, 0.25) is 0 Å².